The van der Waals surface area contributed by atoms with E-state index in [-0.39, 0.29) is 30.2 Å². The van der Waals surface area contributed by atoms with Gasteiger partial charge in [-0.1, -0.05) is 0 Å². The number of nitrogens with one attached hydrogen (secondary N) is 1. The minimum absolute atomic E-state index is 0.0710. The van der Waals surface area contributed by atoms with Gasteiger partial charge >= 0.3 is 5.69 Å². The molecule has 7 heteroatoms. The van der Waals surface area contributed by atoms with E-state index >= 15 is 0 Å². The Labute approximate surface area is 104 Å². The van der Waals surface area contributed by atoms with Crippen molar-refractivity contribution in [2.45, 2.75) is 25.9 Å². The second-order valence-electron chi connectivity index (χ2n) is 3.85. The third-order valence-corrected chi connectivity index (χ3v) is 2.57. The Bertz CT molecular complexity index is 518. The van der Waals surface area contributed by atoms with Gasteiger partial charge in [0.1, 0.15) is 0 Å². The van der Waals surface area contributed by atoms with Crippen molar-refractivity contribution in [3.63, 3.8) is 0 Å². The molecule has 0 bridgehead atoms. The average Bonchev–Trinajstić information content (AvgIpc) is 2.37. The second-order valence-corrected chi connectivity index (χ2v) is 3.85. The number of nitrogens with zero attached hydrogens (tertiary/aromatic N) is 2. The Hall–Kier alpha value is -1.89. The average molecular weight is 254 g/mol. The Morgan fingerprint density at radius 1 is 1.39 bits per heavy atom. The lowest BCUT2D eigenvalue weighted by molar-refractivity contribution is -0.120. The molecule has 7 nitrogen and oxygen atoms in total. The van der Waals surface area contributed by atoms with Gasteiger partial charge in [0.05, 0.1) is 0 Å². The van der Waals surface area contributed by atoms with Crippen molar-refractivity contribution in [1.82, 2.24) is 14.5 Å². The quantitative estimate of drug-likeness (QED) is 0.645. The minimum atomic E-state index is -0.384. The maximum Gasteiger partial charge on any atom is 0.331 e. The third-order valence-electron chi connectivity index (χ3n) is 2.57. The van der Waals surface area contributed by atoms with Crippen molar-refractivity contribution in [1.29, 1.82) is 0 Å². The SMILES string of the molecule is CNC(=O)CCCn1ccc(=O)n(CCN)c1=O. The molecule has 0 aliphatic rings. The normalized spacial score (nSPS) is 10.3. The van der Waals surface area contributed by atoms with E-state index in [0.29, 0.717) is 19.4 Å². The van der Waals surface area contributed by atoms with E-state index in [1.165, 1.54) is 16.8 Å². The van der Waals surface area contributed by atoms with Crippen LogP contribution in [-0.4, -0.2) is 28.6 Å². The maximum atomic E-state index is 11.9. The van der Waals surface area contributed by atoms with E-state index in [4.69, 9.17) is 5.73 Å². The van der Waals surface area contributed by atoms with Gasteiger partial charge in [0.2, 0.25) is 5.91 Å². The summed E-state index contributed by atoms with van der Waals surface area (Å²) >= 11 is 0. The largest absolute Gasteiger partial charge is 0.359 e. The highest BCUT2D eigenvalue weighted by Gasteiger charge is 2.05. The van der Waals surface area contributed by atoms with Crippen molar-refractivity contribution in [2.75, 3.05) is 13.6 Å². The molecule has 0 saturated heterocycles. The lowest BCUT2D eigenvalue weighted by Gasteiger charge is -2.08. The van der Waals surface area contributed by atoms with E-state index in [0.717, 1.165) is 4.57 Å². The molecule has 1 aromatic heterocycles. The zero-order chi connectivity index (χ0) is 13.5. The van der Waals surface area contributed by atoms with Crippen LogP contribution in [0, 0.1) is 0 Å². The Balaban J connectivity index is 2.78. The first-order chi connectivity index (χ1) is 8.60. The summed E-state index contributed by atoms with van der Waals surface area (Å²) in [6, 6.07) is 1.33. The first-order valence-electron chi connectivity index (χ1n) is 5.81. The zero-order valence-corrected chi connectivity index (χ0v) is 10.4. The van der Waals surface area contributed by atoms with Gasteiger partial charge in [0.25, 0.3) is 5.56 Å². The van der Waals surface area contributed by atoms with E-state index in [9.17, 15) is 14.4 Å². The fourth-order valence-electron chi connectivity index (χ4n) is 1.60. The van der Waals surface area contributed by atoms with E-state index in [2.05, 4.69) is 5.32 Å². The number of hydrogen-bond donors (Lipinski definition) is 2. The lowest BCUT2D eigenvalue weighted by atomic mass is 10.3. The fraction of sp³-hybridized carbons (Fsp3) is 0.545. The molecular weight excluding hydrogens is 236 g/mol. The monoisotopic (exact) mass is 254 g/mol. The topological polar surface area (TPSA) is 99.1 Å². The van der Waals surface area contributed by atoms with Crippen molar-refractivity contribution >= 4 is 5.91 Å². The van der Waals surface area contributed by atoms with Gasteiger partial charge in [0.15, 0.2) is 0 Å². The molecule has 100 valence electrons. The summed E-state index contributed by atoms with van der Waals surface area (Å²) in [4.78, 5) is 34.4. The van der Waals surface area contributed by atoms with Gasteiger partial charge in [-0.2, -0.15) is 0 Å². The standard InChI is InChI=1S/C11H18N4O3/c1-13-9(16)3-2-6-14-7-4-10(17)15(8-5-12)11(14)18/h4,7H,2-3,5-6,8,12H2,1H3,(H,13,16). The minimum Gasteiger partial charge on any atom is -0.359 e. The highest BCUT2D eigenvalue weighted by atomic mass is 16.2. The predicted octanol–water partition coefficient (Wildman–Crippen LogP) is -1.51. The smallest absolute Gasteiger partial charge is 0.331 e. The van der Waals surface area contributed by atoms with E-state index in [1.807, 2.05) is 0 Å². The molecule has 18 heavy (non-hydrogen) atoms. The van der Waals surface area contributed by atoms with Crippen LogP contribution in [0.25, 0.3) is 0 Å². The summed E-state index contributed by atoms with van der Waals surface area (Å²) in [6.07, 6.45) is 2.33. The van der Waals surface area contributed by atoms with Crippen molar-refractivity contribution in [2.24, 2.45) is 5.73 Å². The van der Waals surface area contributed by atoms with Crippen LogP contribution in [0.3, 0.4) is 0 Å². The number of rotatable bonds is 6. The molecule has 0 fully saturated rings. The van der Waals surface area contributed by atoms with Gasteiger partial charge in [-0.25, -0.2) is 4.79 Å². The number of carbonyl (C=O) groups is 1. The van der Waals surface area contributed by atoms with Crippen LogP contribution in [0.2, 0.25) is 0 Å². The van der Waals surface area contributed by atoms with Crippen molar-refractivity contribution in [3.8, 4) is 0 Å². The van der Waals surface area contributed by atoms with Crippen LogP contribution in [0.15, 0.2) is 21.9 Å². The number of amides is 1. The highest BCUT2D eigenvalue weighted by Crippen LogP contribution is 1.92. The fourth-order valence-corrected chi connectivity index (χ4v) is 1.60. The van der Waals surface area contributed by atoms with Gasteiger partial charge in [-0.05, 0) is 6.42 Å². The van der Waals surface area contributed by atoms with Gasteiger partial charge in [-0.15, -0.1) is 0 Å². The van der Waals surface area contributed by atoms with E-state index < -0.39 is 0 Å². The maximum absolute atomic E-state index is 11.9. The molecule has 0 spiro atoms. The van der Waals surface area contributed by atoms with Crippen LogP contribution in [-0.2, 0) is 17.9 Å². The van der Waals surface area contributed by atoms with Crippen LogP contribution in [0.5, 0.6) is 0 Å². The van der Waals surface area contributed by atoms with Crippen LogP contribution in [0.4, 0.5) is 0 Å². The molecular formula is C11H18N4O3. The molecule has 0 aromatic carbocycles. The number of aromatic nitrogens is 2. The summed E-state index contributed by atoms with van der Waals surface area (Å²) in [5.74, 6) is -0.0710. The molecule has 1 amide bonds. The van der Waals surface area contributed by atoms with Gasteiger partial charge in [-0.3, -0.25) is 14.2 Å². The number of aryl methyl sites for hydroxylation is 1. The van der Waals surface area contributed by atoms with Crippen LogP contribution >= 0.6 is 0 Å². The molecule has 1 aromatic rings. The summed E-state index contributed by atoms with van der Waals surface area (Å²) in [6.45, 7) is 0.836. The van der Waals surface area contributed by atoms with Gasteiger partial charge < -0.3 is 15.6 Å². The first-order valence-corrected chi connectivity index (χ1v) is 5.81. The zero-order valence-electron chi connectivity index (χ0n) is 10.4. The molecule has 1 heterocycles. The predicted molar refractivity (Wildman–Crippen MR) is 67.3 cm³/mol. The molecule has 1 rings (SSSR count). The summed E-state index contributed by atoms with van der Waals surface area (Å²) < 4.78 is 2.51. The Kier molecular flexibility index (Phi) is 5.31. The molecule has 0 saturated carbocycles. The van der Waals surface area contributed by atoms with Crippen molar-refractivity contribution < 1.29 is 4.79 Å². The molecule has 0 aliphatic carbocycles. The summed E-state index contributed by atoms with van der Waals surface area (Å²) in [5.41, 5.74) is 4.61. The Morgan fingerprint density at radius 2 is 2.11 bits per heavy atom. The first kappa shape index (κ1) is 14.2. The number of nitrogens with two attached hydrogens (primary N) is 1. The summed E-state index contributed by atoms with van der Waals surface area (Å²) in [5, 5.41) is 2.51. The molecule has 0 atom stereocenters. The number of carbonyl (C=O) groups excluding carboxylic acids is 1. The molecule has 3 N–H and O–H groups in total. The number of hydrogen-bond acceptors (Lipinski definition) is 4. The van der Waals surface area contributed by atoms with Gasteiger partial charge in [0, 0.05) is 45.4 Å². The second kappa shape index (κ2) is 6.75. The summed E-state index contributed by atoms with van der Waals surface area (Å²) in [7, 11) is 1.57. The lowest BCUT2D eigenvalue weighted by Crippen LogP contribution is -2.40. The Morgan fingerprint density at radius 3 is 2.72 bits per heavy atom. The molecule has 0 unspecified atom stereocenters. The third kappa shape index (κ3) is 3.56. The van der Waals surface area contributed by atoms with Crippen LogP contribution in [0.1, 0.15) is 12.8 Å². The molecule has 0 radical (unpaired) electrons. The van der Waals surface area contributed by atoms with Crippen LogP contribution < -0.4 is 22.3 Å². The van der Waals surface area contributed by atoms with E-state index in [1.54, 1.807) is 7.05 Å². The van der Waals surface area contributed by atoms with Crippen molar-refractivity contribution in [3.05, 3.63) is 33.1 Å². The highest BCUT2D eigenvalue weighted by molar-refractivity contribution is 5.75. The molecule has 0 aliphatic heterocycles.